The molecular weight excluding hydrogens is 327 g/mol. The van der Waals surface area contributed by atoms with Gasteiger partial charge in [-0.25, -0.2) is 4.39 Å². The summed E-state index contributed by atoms with van der Waals surface area (Å²) in [6.07, 6.45) is 2.32. The molecular formula is C14H16BrFN2O2. The molecule has 0 saturated carbocycles. The van der Waals surface area contributed by atoms with Gasteiger partial charge in [0.05, 0.1) is 5.56 Å². The Balaban J connectivity index is 2.33. The fourth-order valence-corrected chi connectivity index (χ4v) is 2.97. The zero-order valence-corrected chi connectivity index (χ0v) is 12.7. The van der Waals surface area contributed by atoms with Crippen LogP contribution in [0.3, 0.4) is 0 Å². The average molecular weight is 343 g/mol. The van der Waals surface area contributed by atoms with Gasteiger partial charge in [-0.1, -0.05) is 6.07 Å². The molecule has 1 fully saturated rings. The number of carbonyl (C=O) groups is 2. The number of hydrogen-bond acceptors (Lipinski definition) is 2. The van der Waals surface area contributed by atoms with E-state index < -0.39 is 17.8 Å². The zero-order valence-electron chi connectivity index (χ0n) is 11.2. The monoisotopic (exact) mass is 342 g/mol. The van der Waals surface area contributed by atoms with Crippen molar-refractivity contribution in [2.75, 3.05) is 13.6 Å². The normalized spacial score (nSPS) is 18.8. The number of piperidine rings is 1. The average Bonchev–Trinajstić information content (AvgIpc) is 2.46. The fourth-order valence-electron chi connectivity index (χ4n) is 2.46. The standard InChI is InChI=1S/C14H16BrFN2O2/c1-17-13(19)11-7-2-3-8-18(11)14(20)12-9(15)5-4-6-10(12)16/h4-6,11H,2-3,7-8H2,1H3,(H,17,19). The highest BCUT2D eigenvalue weighted by Gasteiger charge is 2.33. The molecule has 2 amide bonds. The molecule has 1 atom stereocenters. The molecule has 6 heteroatoms. The molecule has 4 nitrogen and oxygen atoms in total. The fraction of sp³-hybridized carbons (Fsp3) is 0.429. The Morgan fingerprint density at radius 3 is 2.80 bits per heavy atom. The Kier molecular flexibility index (Phi) is 4.75. The van der Waals surface area contributed by atoms with Crippen molar-refractivity contribution in [2.24, 2.45) is 0 Å². The lowest BCUT2D eigenvalue weighted by Gasteiger charge is -2.34. The van der Waals surface area contributed by atoms with Crippen LogP contribution in [-0.4, -0.2) is 36.3 Å². The van der Waals surface area contributed by atoms with E-state index in [9.17, 15) is 14.0 Å². The van der Waals surface area contributed by atoms with E-state index >= 15 is 0 Å². The molecule has 0 radical (unpaired) electrons. The third-order valence-corrected chi connectivity index (χ3v) is 4.15. The van der Waals surface area contributed by atoms with E-state index in [2.05, 4.69) is 21.2 Å². The predicted octanol–water partition coefficient (Wildman–Crippen LogP) is 2.33. The van der Waals surface area contributed by atoms with Gasteiger partial charge in [-0.15, -0.1) is 0 Å². The SMILES string of the molecule is CNC(=O)C1CCCCN1C(=O)c1c(F)cccc1Br. The lowest BCUT2D eigenvalue weighted by atomic mass is 10.00. The van der Waals surface area contributed by atoms with Gasteiger partial charge < -0.3 is 10.2 Å². The molecule has 1 aromatic rings. The predicted molar refractivity (Wildman–Crippen MR) is 76.8 cm³/mol. The number of nitrogens with one attached hydrogen (secondary N) is 1. The molecule has 1 unspecified atom stereocenters. The summed E-state index contributed by atoms with van der Waals surface area (Å²) in [6, 6.07) is 3.88. The van der Waals surface area contributed by atoms with Crippen molar-refractivity contribution >= 4 is 27.7 Å². The molecule has 1 N–H and O–H groups in total. The van der Waals surface area contributed by atoms with E-state index in [1.54, 1.807) is 13.1 Å². The molecule has 0 aromatic heterocycles. The highest BCUT2D eigenvalue weighted by atomic mass is 79.9. The first-order chi connectivity index (χ1) is 9.56. The van der Waals surface area contributed by atoms with Crippen LogP contribution in [-0.2, 0) is 4.79 Å². The number of nitrogens with zero attached hydrogens (tertiary/aromatic N) is 1. The van der Waals surface area contributed by atoms with Gasteiger partial charge in [0, 0.05) is 18.1 Å². The van der Waals surface area contributed by atoms with Gasteiger partial charge in [-0.05, 0) is 47.3 Å². The van der Waals surface area contributed by atoms with Gasteiger partial charge in [-0.2, -0.15) is 0 Å². The van der Waals surface area contributed by atoms with Crippen LogP contribution in [0.5, 0.6) is 0 Å². The van der Waals surface area contributed by atoms with Crippen LogP contribution in [0, 0.1) is 5.82 Å². The molecule has 0 spiro atoms. The number of rotatable bonds is 2. The minimum absolute atomic E-state index is 0.0108. The van der Waals surface area contributed by atoms with Crippen LogP contribution in [0.15, 0.2) is 22.7 Å². The second-order valence-corrected chi connectivity index (χ2v) is 5.58. The summed E-state index contributed by atoms with van der Waals surface area (Å²) in [5.74, 6) is -1.22. The first-order valence-corrected chi connectivity index (χ1v) is 7.32. The van der Waals surface area contributed by atoms with Crippen LogP contribution in [0.1, 0.15) is 29.6 Å². The molecule has 108 valence electrons. The van der Waals surface area contributed by atoms with Crippen molar-refractivity contribution in [3.8, 4) is 0 Å². The maximum absolute atomic E-state index is 13.9. The number of amides is 2. The van der Waals surface area contributed by atoms with Gasteiger partial charge >= 0.3 is 0 Å². The summed E-state index contributed by atoms with van der Waals surface area (Å²) >= 11 is 3.20. The van der Waals surface area contributed by atoms with E-state index in [4.69, 9.17) is 0 Å². The molecule has 2 rings (SSSR count). The zero-order chi connectivity index (χ0) is 14.7. The van der Waals surface area contributed by atoms with Crippen LogP contribution in [0.4, 0.5) is 4.39 Å². The number of carbonyl (C=O) groups excluding carboxylic acids is 2. The Morgan fingerprint density at radius 2 is 2.15 bits per heavy atom. The third kappa shape index (κ3) is 2.85. The first-order valence-electron chi connectivity index (χ1n) is 6.53. The largest absolute Gasteiger partial charge is 0.357 e. The van der Waals surface area contributed by atoms with Crippen molar-refractivity contribution in [3.63, 3.8) is 0 Å². The van der Waals surface area contributed by atoms with Crippen LogP contribution >= 0.6 is 15.9 Å². The van der Waals surface area contributed by atoms with Crippen molar-refractivity contribution in [1.29, 1.82) is 0 Å². The lowest BCUT2D eigenvalue weighted by molar-refractivity contribution is -0.126. The Bertz CT molecular complexity index is 516. The van der Waals surface area contributed by atoms with Crippen LogP contribution in [0.2, 0.25) is 0 Å². The quantitative estimate of drug-likeness (QED) is 0.896. The smallest absolute Gasteiger partial charge is 0.258 e. The highest BCUT2D eigenvalue weighted by Crippen LogP contribution is 2.25. The molecule has 1 aromatic carbocycles. The summed E-state index contributed by atoms with van der Waals surface area (Å²) in [7, 11) is 1.54. The molecule has 1 saturated heterocycles. The Hall–Kier alpha value is -1.43. The topological polar surface area (TPSA) is 49.4 Å². The highest BCUT2D eigenvalue weighted by molar-refractivity contribution is 9.10. The van der Waals surface area contributed by atoms with Gasteiger partial charge in [0.1, 0.15) is 11.9 Å². The Morgan fingerprint density at radius 1 is 1.40 bits per heavy atom. The number of halogens is 2. The number of benzene rings is 1. The minimum Gasteiger partial charge on any atom is -0.357 e. The second-order valence-electron chi connectivity index (χ2n) is 4.72. The third-order valence-electron chi connectivity index (χ3n) is 3.49. The van der Waals surface area contributed by atoms with Crippen molar-refractivity contribution < 1.29 is 14.0 Å². The minimum atomic E-state index is -0.578. The lowest BCUT2D eigenvalue weighted by Crippen LogP contribution is -2.51. The van der Waals surface area contributed by atoms with Gasteiger partial charge in [0.25, 0.3) is 5.91 Å². The van der Waals surface area contributed by atoms with E-state index in [0.29, 0.717) is 17.4 Å². The summed E-state index contributed by atoms with van der Waals surface area (Å²) in [6.45, 7) is 0.470. The van der Waals surface area contributed by atoms with Crippen molar-refractivity contribution in [1.82, 2.24) is 10.2 Å². The molecule has 20 heavy (non-hydrogen) atoms. The summed E-state index contributed by atoms with van der Waals surface area (Å²) in [5.41, 5.74) is -0.0108. The van der Waals surface area contributed by atoms with Gasteiger partial charge in [-0.3, -0.25) is 9.59 Å². The maximum Gasteiger partial charge on any atom is 0.258 e. The summed E-state index contributed by atoms with van der Waals surface area (Å²) in [4.78, 5) is 25.9. The van der Waals surface area contributed by atoms with E-state index in [-0.39, 0.29) is 11.5 Å². The number of likely N-dealkylation sites (N-methyl/N-ethyl adjacent to an activating group) is 1. The van der Waals surface area contributed by atoms with E-state index in [1.165, 1.54) is 17.0 Å². The van der Waals surface area contributed by atoms with Gasteiger partial charge in [0.15, 0.2) is 0 Å². The molecule has 1 aliphatic heterocycles. The van der Waals surface area contributed by atoms with Gasteiger partial charge in [0.2, 0.25) is 5.91 Å². The summed E-state index contributed by atoms with van der Waals surface area (Å²) < 4.78 is 14.3. The molecule has 1 heterocycles. The Labute approximate surface area is 125 Å². The second kappa shape index (κ2) is 6.35. The van der Waals surface area contributed by atoms with Crippen molar-refractivity contribution in [3.05, 3.63) is 34.1 Å². The number of likely N-dealkylation sites (tertiary alicyclic amines) is 1. The molecule has 0 aliphatic carbocycles. The van der Waals surface area contributed by atoms with E-state index in [1.807, 2.05) is 0 Å². The first kappa shape index (κ1) is 15.0. The molecule has 1 aliphatic rings. The number of hydrogen-bond donors (Lipinski definition) is 1. The maximum atomic E-state index is 13.9. The molecule has 0 bridgehead atoms. The summed E-state index contributed by atoms with van der Waals surface area (Å²) in [5, 5.41) is 2.56. The van der Waals surface area contributed by atoms with Crippen LogP contribution in [0.25, 0.3) is 0 Å². The van der Waals surface area contributed by atoms with E-state index in [0.717, 1.165) is 12.8 Å². The van der Waals surface area contributed by atoms with Crippen molar-refractivity contribution in [2.45, 2.75) is 25.3 Å². The van der Waals surface area contributed by atoms with Crippen LogP contribution < -0.4 is 5.32 Å².